The molecular weight excluding hydrogens is 412 g/mol. The van der Waals surface area contributed by atoms with Crippen LogP contribution >= 0.6 is 11.6 Å². The van der Waals surface area contributed by atoms with E-state index in [9.17, 15) is 4.79 Å². The van der Waals surface area contributed by atoms with Crippen molar-refractivity contribution in [2.75, 3.05) is 26.2 Å². The van der Waals surface area contributed by atoms with E-state index in [4.69, 9.17) is 11.6 Å². The summed E-state index contributed by atoms with van der Waals surface area (Å²) in [6, 6.07) is 15.9. The quantitative estimate of drug-likeness (QED) is 0.656. The van der Waals surface area contributed by atoms with Gasteiger partial charge in [-0.2, -0.15) is 5.10 Å². The second-order valence-electron chi connectivity index (χ2n) is 7.85. The van der Waals surface area contributed by atoms with Crippen LogP contribution in [0.1, 0.15) is 30.5 Å². The summed E-state index contributed by atoms with van der Waals surface area (Å²) in [6.07, 6.45) is 4.13. The molecule has 1 aliphatic rings. The maximum atomic E-state index is 12.9. The number of carbonyl (C=O) groups excluding carboxylic acids is 1. The number of aromatic nitrogens is 3. The second kappa shape index (κ2) is 9.94. The first-order valence-electron chi connectivity index (χ1n) is 10.6. The first-order valence-corrected chi connectivity index (χ1v) is 10.9. The van der Waals surface area contributed by atoms with Gasteiger partial charge in [-0.1, -0.05) is 35.9 Å². The third kappa shape index (κ3) is 5.62. The summed E-state index contributed by atoms with van der Waals surface area (Å²) in [5, 5.41) is 8.03. The fourth-order valence-electron chi connectivity index (χ4n) is 3.80. The number of amides is 2. The first-order chi connectivity index (χ1) is 15.1. The van der Waals surface area contributed by atoms with Crippen molar-refractivity contribution in [1.29, 1.82) is 0 Å². The predicted molar refractivity (Wildman–Crippen MR) is 121 cm³/mol. The number of halogens is 1. The van der Waals surface area contributed by atoms with Gasteiger partial charge < -0.3 is 10.2 Å². The van der Waals surface area contributed by atoms with E-state index in [1.165, 1.54) is 11.9 Å². The Bertz CT molecular complexity index is 974. The van der Waals surface area contributed by atoms with E-state index in [0.29, 0.717) is 0 Å². The summed E-state index contributed by atoms with van der Waals surface area (Å²) >= 11 is 5.98. The molecule has 0 bridgehead atoms. The maximum Gasteiger partial charge on any atom is 0.317 e. The molecule has 0 spiro atoms. The van der Waals surface area contributed by atoms with Crippen LogP contribution in [0, 0.1) is 0 Å². The number of hydrogen-bond acceptors (Lipinski definition) is 4. The lowest BCUT2D eigenvalue weighted by Gasteiger charge is -2.24. The summed E-state index contributed by atoms with van der Waals surface area (Å²) < 4.78 is 1.71. The summed E-state index contributed by atoms with van der Waals surface area (Å²) in [6.45, 7) is 6.20. The smallest absolute Gasteiger partial charge is 0.317 e. The van der Waals surface area contributed by atoms with E-state index in [0.717, 1.165) is 55.4 Å². The number of benzene rings is 2. The molecule has 8 heteroatoms. The van der Waals surface area contributed by atoms with E-state index in [1.54, 1.807) is 11.0 Å². The topological polar surface area (TPSA) is 66.3 Å². The van der Waals surface area contributed by atoms with E-state index in [1.807, 2.05) is 48.2 Å². The minimum Gasteiger partial charge on any atom is -0.331 e. The van der Waals surface area contributed by atoms with Gasteiger partial charge in [0, 0.05) is 37.7 Å². The Balaban J connectivity index is 1.29. The zero-order valence-electron chi connectivity index (χ0n) is 17.6. The monoisotopic (exact) mass is 438 g/mol. The molecule has 1 unspecified atom stereocenters. The van der Waals surface area contributed by atoms with E-state index in [-0.39, 0.29) is 12.1 Å². The molecule has 2 amide bonds. The number of rotatable bonds is 5. The standard InChI is InChI=1S/C23H27ClN6O/c1-18(20-5-9-22(10-6-20)30-17-25-16-26-30)27-23(31)29-12-2-11-28(13-14-29)15-19-3-7-21(24)8-4-19/h3-10,16-18H,2,11-15H2,1H3,(H,27,31). The Morgan fingerprint density at radius 1 is 1.06 bits per heavy atom. The highest BCUT2D eigenvalue weighted by molar-refractivity contribution is 6.30. The van der Waals surface area contributed by atoms with E-state index < -0.39 is 0 Å². The van der Waals surface area contributed by atoms with Gasteiger partial charge in [-0.15, -0.1) is 0 Å². The van der Waals surface area contributed by atoms with Crippen LogP contribution in [0.3, 0.4) is 0 Å². The van der Waals surface area contributed by atoms with Crippen LogP contribution in [0.25, 0.3) is 5.69 Å². The number of urea groups is 1. The molecule has 2 aromatic carbocycles. The summed E-state index contributed by atoms with van der Waals surface area (Å²) in [4.78, 5) is 21.1. The lowest BCUT2D eigenvalue weighted by molar-refractivity contribution is 0.194. The molecule has 1 atom stereocenters. The maximum absolute atomic E-state index is 12.9. The van der Waals surface area contributed by atoms with Crippen LogP contribution in [-0.4, -0.2) is 56.8 Å². The summed E-state index contributed by atoms with van der Waals surface area (Å²) in [5.41, 5.74) is 3.23. The van der Waals surface area contributed by atoms with Gasteiger partial charge in [0.2, 0.25) is 0 Å². The van der Waals surface area contributed by atoms with Gasteiger partial charge in [-0.05, 0) is 48.7 Å². The molecule has 0 aliphatic carbocycles. The normalized spacial score (nSPS) is 16.0. The summed E-state index contributed by atoms with van der Waals surface area (Å²) in [7, 11) is 0. The van der Waals surface area contributed by atoms with Crippen molar-refractivity contribution in [3.63, 3.8) is 0 Å². The fraction of sp³-hybridized carbons (Fsp3) is 0.348. The van der Waals surface area contributed by atoms with Gasteiger partial charge >= 0.3 is 6.03 Å². The van der Waals surface area contributed by atoms with Gasteiger partial charge in [0.1, 0.15) is 12.7 Å². The molecule has 1 fully saturated rings. The Kier molecular flexibility index (Phi) is 6.84. The van der Waals surface area contributed by atoms with E-state index >= 15 is 0 Å². The molecule has 2 heterocycles. The lowest BCUT2D eigenvalue weighted by atomic mass is 10.1. The van der Waals surface area contributed by atoms with Gasteiger partial charge in [0.15, 0.2) is 0 Å². The highest BCUT2D eigenvalue weighted by Crippen LogP contribution is 2.17. The number of nitrogens with one attached hydrogen (secondary N) is 1. The predicted octanol–water partition coefficient (Wildman–Crippen LogP) is 3.90. The summed E-state index contributed by atoms with van der Waals surface area (Å²) in [5.74, 6) is 0. The molecule has 0 radical (unpaired) electrons. The molecule has 31 heavy (non-hydrogen) atoms. The molecule has 3 aromatic rings. The van der Waals surface area contributed by atoms with Crippen LogP contribution in [0.4, 0.5) is 4.79 Å². The zero-order valence-corrected chi connectivity index (χ0v) is 18.4. The van der Waals surface area contributed by atoms with Crippen molar-refractivity contribution in [2.24, 2.45) is 0 Å². The second-order valence-corrected chi connectivity index (χ2v) is 8.28. The molecule has 1 aromatic heterocycles. The molecule has 162 valence electrons. The first kappa shape index (κ1) is 21.3. The minimum absolute atomic E-state index is 0.0128. The van der Waals surface area contributed by atoms with Gasteiger partial charge in [-0.25, -0.2) is 14.5 Å². The number of hydrogen-bond donors (Lipinski definition) is 1. The average Bonchev–Trinajstić information content (AvgIpc) is 3.22. The van der Waals surface area contributed by atoms with Crippen LogP contribution < -0.4 is 5.32 Å². The molecule has 7 nitrogen and oxygen atoms in total. The average molecular weight is 439 g/mol. The minimum atomic E-state index is -0.0780. The van der Waals surface area contributed by atoms with E-state index in [2.05, 4.69) is 32.4 Å². The SMILES string of the molecule is CC(NC(=O)N1CCCN(Cc2ccc(Cl)cc2)CC1)c1ccc(-n2cncn2)cc1. The van der Waals surface area contributed by atoms with Gasteiger partial charge in [-0.3, -0.25) is 4.90 Å². The van der Waals surface area contributed by atoms with Crippen molar-refractivity contribution in [1.82, 2.24) is 29.9 Å². The van der Waals surface area contributed by atoms with Crippen LogP contribution in [-0.2, 0) is 6.54 Å². The van der Waals surface area contributed by atoms with Crippen molar-refractivity contribution >= 4 is 17.6 Å². The lowest BCUT2D eigenvalue weighted by Crippen LogP contribution is -2.42. The molecule has 1 N–H and O–H groups in total. The van der Waals surface area contributed by atoms with Crippen molar-refractivity contribution in [3.05, 3.63) is 77.3 Å². The number of carbonyl (C=O) groups is 1. The largest absolute Gasteiger partial charge is 0.331 e. The molecule has 0 saturated carbocycles. The third-order valence-electron chi connectivity index (χ3n) is 5.61. The Morgan fingerprint density at radius 3 is 2.55 bits per heavy atom. The molecule has 1 aliphatic heterocycles. The highest BCUT2D eigenvalue weighted by atomic mass is 35.5. The Labute approximate surface area is 187 Å². The van der Waals surface area contributed by atoms with Crippen LogP contribution in [0.2, 0.25) is 5.02 Å². The van der Waals surface area contributed by atoms with Gasteiger partial charge in [0.05, 0.1) is 11.7 Å². The molecular formula is C23H27ClN6O. The van der Waals surface area contributed by atoms with Crippen molar-refractivity contribution < 1.29 is 4.79 Å². The number of nitrogens with zero attached hydrogens (tertiary/aromatic N) is 5. The fourth-order valence-corrected chi connectivity index (χ4v) is 3.92. The highest BCUT2D eigenvalue weighted by Gasteiger charge is 2.21. The molecule has 1 saturated heterocycles. The zero-order chi connectivity index (χ0) is 21.6. The van der Waals surface area contributed by atoms with Crippen molar-refractivity contribution in [3.8, 4) is 5.69 Å². The Hall–Kier alpha value is -2.90. The third-order valence-corrected chi connectivity index (χ3v) is 5.86. The van der Waals surface area contributed by atoms with Crippen LogP contribution in [0.5, 0.6) is 0 Å². The van der Waals surface area contributed by atoms with Crippen molar-refractivity contribution in [2.45, 2.75) is 25.9 Å². The van der Waals surface area contributed by atoms with Gasteiger partial charge in [0.25, 0.3) is 0 Å². The molecule has 4 rings (SSSR count). The Morgan fingerprint density at radius 2 is 1.84 bits per heavy atom. The van der Waals surface area contributed by atoms with Crippen LogP contribution in [0.15, 0.2) is 61.2 Å².